The van der Waals surface area contributed by atoms with Gasteiger partial charge in [0.15, 0.2) is 0 Å². The molecule has 0 saturated carbocycles. The van der Waals surface area contributed by atoms with Gasteiger partial charge in [0.2, 0.25) is 15.3 Å². The Morgan fingerprint density at radius 3 is 2.56 bits per heavy atom. The first-order valence-electron chi connectivity index (χ1n) is 4.69. The lowest BCUT2D eigenvalue weighted by Gasteiger charge is -2.04. The largest absolute Gasteiger partial charge is 0.243 e. The van der Waals surface area contributed by atoms with Gasteiger partial charge in [-0.15, -0.1) is 11.3 Å². The van der Waals surface area contributed by atoms with E-state index < -0.39 is 10.0 Å². The van der Waals surface area contributed by atoms with E-state index in [4.69, 9.17) is 11.6 Å². The van der Waals surface area contributed by atoms with E-state index in [2.05, 4.69) is 30.6 Å². The number of hydrogen-bond donors (Lipinski definition) is 1. The summed E-state index contributed by atoms with van der Waals surface area (Å²) in [5, 5.41) is 0.0103. The maximum Gasteiger partial charge on any atom is 0.243 e. The molecule has 0 unspecified atom stereocenters. The maximum atomic E-state index is 11.9. The Bertz CT molecular complexity index is 642. The molecule has 0 radical (unpaired) electrons. The van der Waals surface area contributed by atoms with E-state index in [0.717, 1.165) is 8.66 Å². The second kappa shape index (κ2) is 5.62. The fourth-order valence-corrected chi connectivity index (χ4v) is 3.64. The minimum absolute atomic E-state index is 0.0103. The van der Waals surface area contributed by atoms with Crippen molar-refractivity contribution in [1.29, 1.82) is 0 Å². The van der Waals surface area contributed by atoms with Gasteiger partial charge in [-0.2, -0.15) is 0 Å². The standard InChI is InChI=1S/C9H7BrClN3O2S2/c10-8-2-1-6(17-8)3-14-18(15,16)7-4-12-9(11)13-5-7/h1-2,4-5,14H,3H2. The SMILES string of the molecule is O=S(=O)(NCc1ccc(Br)s1)c1cnc(Cl)nc1. The van der Waals surface area contributed by atoms with E-state index in [1.807, 2.05) is 12.1 Å². The van der Waals surface area contributed by atoms with E-state index in [-0.39, 0.29) is 16.7 Å². The second-order valence-corrected chi connectivity index (χ2v) is 7.87. The molecule has 0 spiro atoms. The number of sulfonamides is 1. The van der Waals surface area contributed by atoms with Crippen LogP contribution in [0, 0.1) is 0 Å². The number of thiophene rings is 1. The first kappa shape index (κ1) is 13.9. The van der Waals surface area contributed by atoms with Crippen LogP contribution < -0.4 is 4.72 Å². The minimum Gasteiger partial charge on any atom is -0.225 e. The van der Waals surface area contributed by atoms with E-state index in [9.17, 15) is 8.42 Å². The molecule has 0 aliphatic carbocycles. The number of aromatic nitrogens is 2. The van der Waals surface area contributed by atoms with Crippen LogP contribution in [0.2, 0.25) is 5.28 Å². The molecule has 18 heavy (non-hydrogen) atoms. The molecule has 0 bridgehead atoms. The van der Waals surface area contributed by atoms with Gasteiger partial charge < -0.3 is 0 Å². The highest BCUT2D eigenvalue weighted by Gasteiger charge is 2.15. The third kappa shape index (κ3) is 3.48. The van der Waals surface area contributed by atoms with Gasteiger partial charge in [-0.25, -0.2) is 23.1 Å². The maximum absolute atomic E-state index is 11.9. The Balaban J connectivity index is 2.10. The van der Waals surface area contributed by atoms with Crippen molar-refractivity contribution < 1.29 is 8.42 Å². The zero-order valence-electron chi connectivity index (χ0n) is 8.80. The number of rotatable bonds is 4. The van der Waals surface area contributed by atoms with Crippen molar-refractivity contribution in [2.75, 3.05) is 0 Å². The summed E-state index contributed by atoms with van der Waals surface area (Å²) in [6.45, 7) is 0.223. The molecule has 2 heterocycles. The van der Waals surface area contributed by atoms with E-state index >= 15 is 0 Å². The molecule has 0 aliphatic heterocycles. The average molecular weight is 369 g/mol. The first-order chi connectivity index (χ1) is 8.47. The number of nitrogens with zero attached hydrogens (tertiary/aromatic N) is 2. The summed E-state index contributed by atoms with van der Waals surface area (Å²) in [6, 6.07) is 3.70. The number of nitrogens with one attached hydrogen (secondary N) is 1. The first-order valence-corrected chi connectivity index (χ1v) is 8.16. The van der Waals surface area contributed by atoms with Gasteiger partial charge in [0.25, 0.3) is 0 Å². The van der Waals surface area contributed by atoms with E-state index in [1.54, 1.807) is 0 Å². The fourth-order valence-electron chi connectivity index (χ4n) is 1.14. The molecule has 96 valence electrons. The summed E-state index contributed by atoms with van der Waals surface area (Å²) in [5.74, 6) is 0. The van der Waals surface area contributed by atoms with Crippen molar-refractivity contribution in [2.45, 2.75) is 11.4 Å². The highest BCUT2D eigenvalue weighted by atomic mass is 79.9. The molecule has 0 aliphatic rings. The van der Waals surface area contributed by atoms with Crippen molar-refractivity contribution in [2.24, 2.45) is 0 Å². The summed E-state index contributed by atoms with van der Waals surface area (Å²) >= 11 is 10.3. The quantitative estimate of drug-likeness (QED) is 0.841. The zero-order valence-corrected chi connectivity index (χ0v) is 12.8. The van der Waals surface area contributed by atoms with E-state index in [1.165, 1.54) is 23.7 Å². The molecule has 1 N–H and O–H groups in total. The third-order valence-electron chi connectivity index (χ3n) is 1.97. The molecule has 2 rings (SSSR count). The van der Waals surface area contributed by atoms with Crippen LogP contribution in [0.5, 0.6) is 0 Å². The Kier molecular flexibility index (Phi) is 4.33. The summed E-state index contributed by atoms with van der Waals surface area (Å²) in [5.41, 5.74) is 0. The third-order valence-corrected chi connectivity index (χ3v) is 5.15. The predicted molar refractivity (Wildman–Crippen MR) is 73.1 cm³/mol. The van der Waals surface area contributed by atoms with Gasteiger partial charge >= 0.3 is 0 Å². The molecule has 0 amide bonds. The van der Waals surface area contributed by atoms with Crippen LogP contribution in [-0.4, -0.2) is 18.4 Å². The highest BCUT2D eigenvalue weighted by Crippen LogP contribution is 2.22. The summed E-state index contributed by atoms with van der Waals surface area (Å²) in [6.07, 6.45) is 2.34. The Morgan fingerprint density at radius 1 is 1.33 bits per heavy atom. The highest BCUT2D eigenvalue weighted by molar-refractivity contribution is 9.11. The van der Waals surface area contributed by atoms with Gasteiger partial charge in [-0.3, -0.25) is 0 Å². The lowest BCUT2D eigenvalue weighted by molar-refractivity contribution is 0.581. The number of hydrogen-bond acceptors (Lipinski definition) is 5. The minimum atomic E-state index is -3.61. The fraction of sp³-hybridized carbons (Fsp3) is 0.111. The van der Waals surface area contributed by atoms with Gasteiger partial charge in [-0.1, -0.05) is 0 Å². The molecule has 2 aromatic rings. The Morgan fingerprint density at radius 2 is 2.00 bits per heavy atom. The van der Waals surface area contributed by atoms with Crippen molar-refractivity contribution >= 4 is 48.9 Å². The molecule has 0 aromatic carbocycles. The van der Waals surface area contributed by atoms with Crippen molar-refractivity contribution in [1.82, 2.24) is 14.7 Å². The average Bonchev–Trinajstić information content (AvgIpc) is 2.73. The summed E-state index contributed by atoms with van der Waals surface area (Å²) in [4.78, 5) is 8.16. The smallest absolute Gasteiger partial charge is 0.225 e. The van der Waals surface area contributed by atoms with Crippen molar-refractivity contribution in [3.8, 4) is 0 Å². The predicted octanol–water partition coefficient (Wildman–Crippen LogP) is 2.43. The van der Waals surface area contributed by atoms with Gasteiger partial charge in [0, 0.05) is 11.4 Å². The van der Waals surface area contributed by atoms with E-state index in [0.29, 0.717) is 0 Å². The summed E-state index contributed by atoms with van der Waals surface area (Å²) < 4.78 is 27.2. The Hall–Kier alpha value is -0.540. The molecular weight excluding hydrogens is 362 g/mol. The van der Waals surface area contributed by atoms with Crippen molar-refractivity contribution in [3.05, 3.63) is 38.5 Å². The topological polar surface area (TPSA) is 72.0 Å². The zero-order chi connectivity index (χ0) is 13.2. The molecule has 5 nitrogen and oxygen atoms in total. The van der Waals surface area contributed by atoms with Gasteiger partial charge in [-0.05, 0) is 39.7 Å². The van der Waals surface area contributed by atoms with Crippen LogP contribution in [0.1, 0.15) is 4.88 Å². The second-order valence-electron chi connectivity index (χ2n) is 3.22. The van der Waals surface area contributed by atoms with Crippen molar-refractivity contribution in [3.63, 3.8) is 0 Å². The molecule has 0 saturated heterocycles. The van der Waals surface area contributed by atoms with Crippen LogP contribution in [-0.2, 0) is 16.6 Å². The molecule has 2 aromatic heterocycles. The lowest BCUT2D eigenvalue weighted by atomic mass is 10.5. The molecular formula is C9H7BrClN3O2S2. The molecule has 0 atom stereocenters. The summed E-state index contributed by atoms with van der Waals surface area (Å²) in [7, 11) is -3.61. The van der Waals surface area contributed by atoms with Crippen LogP contribution >= 0.6 is 38.9 Å². The Labute approximate surface area is 121 Å². The van der Waals surface area contributed by atoms with Crippen LogP contribution in [0.15, 0.2) is 33.2 Å². The van der Waals surface area contributed by atoms with Crippen LogP contribution in [0.4, 0.5) is 0 Å². The molecule has 9 heteroatoms. The monoisotopic (exact) mass is 367 g/mol. The van der Waals surface area contributed by atoms with Crippen LogP contribution in [0.25, 0.3) is 0 Å². The normalized spacial score (nSPS) is 11.7. The molecule has 0 fully saturated rings. The lowest BCUT2D eigenvalue weighted by Crippen LogP contribution is -2.23. The van der Waals surface area contributed by atoms with Gasteiger partial charge in [0.05, 0.1) is 16.2 Å². The number of halogens is 2. The van der Waals surface area contributed by atoms with Gasteiger partial charge in [0.1, 0.15) is 4.90 Å². The van der Waals surface area contributed by atoms with Crippen LogP contribution in [0.3, 0.4) is 0 Å².